The number of carbonyl (C=O) groups is 2. The van der Waals surface area contributed by atoms with Crippen LogP contribution in [0.15, 0.2) is 0 Å². The normalized spacial score (nSPS) is 8.23. The van der Waals surface area contributed by atoms with Crippen LogP contribution in [-0.4, -0.2) is 24.1 Å². The second-order valence-corrected chi connectivity index (χ2v) is 2.88. The Morgan fingerprint density at radius 1 is 1.46 bits per heavy atom. The summed E-state index contributed by atoms with van der Waals surface area (Å²) in [7, 11) is 0. The Bertz CT molecular complexity index is 147. The van der Waals surface area contributed by atoms with E-state index >= 15 is 0 Å². The van der Waals surface area contributed by atoms with Gasteiger partial charge in [-0.25, -0.2) is 0 Å². The van der Waals surface area contributed by atoms with Crippen molar-refractivity contribution < 1.29 is 9.59 Å². The van der Waals surface area contributed by atoms with Crippen molar-refractivity contribution in [3.05, 3.63) is 0 Å². The SMILES string of the molecule is CC(N)=O.CCCNC(=O)CCS. The van der Waals surface area contributed by atoms with Crippen molar-refractivity contribution in [3.63, 3.8) is 0 Å². The first-order valence-electron chi connectivity index (χ1n) is 4.18. The van der Waals surface area contributed by atoms with Crippen LogP contribution in [0.1, 0.15) is 26.7 Å². The third-order valence-electron chi connectivity index (χ3n) is 0.911. The number of rotatable bonds is 4. The number of hydrogen-bond donors (Lipinski definition) is 3. The number of carbonyl (C=O) groups excluding carboxylic acids is 2. The zero-order chi connectivity index (χ0) is 10.7. The first kappa shape index (κ1) is 14.8. The highest BCUT2D eigenvalue weighted by Gasteiger charge is 1.94. The van der Waals surface area contributed by atoms with Crippen LogP contribution in [0.3, 0.4) is 0 Å². The maximum Gasteiger partial charge on any atom is 0.220 e. The van der Waals surface area contributed by atoms with E-state index in [-0.39, 0.29) is 11.8 Å². The molecule has 3 N–H and O–H groups in total. The van der Waals surface area contributed by atoms with Crippen LogP contribution in [0.2, 0.25) is 0 Å². The molecule has 0 heterocycles. The highest BCUT2D eigenvalue weighted by atomic mass is 32.1. The van der Waals surface area contributed by atoms with Crippen LogP contribution in [0.4, 0.5) is 0 Å². The summed E-state index contributed by atoms with van der Waals surface area (Å²) in [5.74, 6) is 0.405. The maximum atomic E-state index is 10.6. The minimum atomic E-state index is -0.333. The fourth-order valence-electron chi connectivity index (χ4n) is 0.454. The molecule has 78 valence electrons. The van der Waals surface area contributed by atoms with Crippen molar-refractivity contribution in [1.29, 1.82) is 0 Å². The molecule has 0 saturated carbocycles. The molecule has 0 aromatic carbocycles. The maximum absolute atomic E-state index is 10.6. The molecule has 2 amide bonds. The third kappa shape index (κ3) is 24.6. The van der Waals surface area contributed by atoms with E-state index in [2.05, 4.69) is 23.7 Å². The van der Waals surface area contributed by atoms with E-state index in [4.69, 9.17) is 0 Å². The Morgan fingerprint density at radius 2 is 1.92 bits per heavy atom. The summed E-state index contributed by atoms with van der Waals surface area (Å²) >= 11 is 3.92. The van der Waals surface area contributed by atoms with Gasteiger partial charge >= 0.3 is 0 Å². The van der Waals surface area contributed by atoms with E-state index in [1.165, 1.54) is 6.92 Å². The zero-order valence-electron chi connectivity index (χ0n) is 8.17. The predicted molar refractivity (Wildman–Crippen MR) is 56.6 cm³/mol. The molecular weight excluding hydrogens is 188 g/mol. The molecule has 0 radical (unpaired) electrons. The van der Waals surface area contributed by atoms with Gasteiger partial charge in [-0.1, -0.05) is 6.92 Å². The van der Waals surface area contributed by atoms with Gasteiger partial charge in [-0.2, -0.15) is 12.6 Å². The monoisotopic (exact) mass is 206 g/mol. The van der Waals surface area contributed by atoms with Crippen molar-refractivity contribution in [3.8, 4) is 0 Å². The summed E-state index contributed by atoms with van der Waals surface area (Å²) < 4.78 is 0. The first-order valence-corrected chi connectivity index (χ1v) is 4.81. The van der Waals surface area contributed by atoms with E-state index in [0.29, 0.717) is 12.2 Å². The smallest absolute Gasteiger partial charge is 0.220 e. The minimum Gasteiger partial charge on any atom is -0.370 e. The molecule has 0 spiro atoms. The van der Waals surface area contributed by atoms with Crippen LogP contribution in [0.25, 0.3) is 0 Å². The second kappa shape index (κ2) is 11.3. The molecule has 13 heavy (non-hydrogen) atoms. The number of nitrogens with one attached hydrogen (secondary N) is 1. The minimum absolute atomic E-state index is 0.104. The summed E-state index contributed by atoms with van der Waals surface area (Å²) in [6.07, 6.45) is 1.53. The molecule has 0 saturated heterocycles. The number of nitrogens with two attached hydrogens (primary N) is 1. The number of hydrogen-bond acceptors (Lipinski definition) is 3. The Kier molecular flexibility index (Phi) is 12.8. The summed E-state index contributed by atoms with van der Waals surface area (Å²) in [5, 5.41) is 2.75. The molecule has 0 aliphatic heterocycles. The lowest BCUT2D eigenvalue weighted by Gasteiger charge is -1.99. The quantitative estimate of drug-likeness (QED) is 0.580. The van der Waals surface area contributed by atoms with Crippen molar-refractivity contribution in [2.75, 3.05) is 12.3 Å². The molecule has 0 atom stereocenters. The van der Waals surface area contributed by atoms with Gasteiger partial charge in [0.2, 0.25) is 11.8 Å². The Hall–Kier alpha value is -0.710. The fourth-order valence-corrected chi connectivity index (χ4v) is 0.657. The Morgan fingerprint density at radius 3 is 2.23 bits per heavy atom. The number of amides is 2. The van der Waals surface area contributed by atoms with Gasteiger partial charge in [0, 0.05) is 19.9 Å². The van der Waals surface area contributed by atoms with Gasteiger partial charge in [-0.05, 0) is 12.2 Å². The first-order chi connectivity index (χ1) is 6.04. The molecule has 5 heteroatoms. The van der Waals surface area contributed by atoms with Crippen LogP contribution >= 0.6 is 12.6 Å². The van der Waals surface area contributed by atoms with Gasteiger partial charge in [0.05, 0.1) is 0 Å². The fraction of sp³-hybridized carbons (Fsp3) is 0.750. The largest absolute Gasteiger partial charge is 0.370 e. The van der Waals surface area contributed by atoms with Gasteiger partial charge in [-0.15, -0.1) is 0 Å². The van der Waals surface area contributed by atoms with Gasteiger partial charge in [-0.3, -0.25) is 9.59 Å². The molecule has 0 aliphatic rings. The standard InChI is InChI=1S/C6H13NOS.C2H5NO/c1-2-4-7-6(8)3-5-9;1-2(3)4/h9H,2-5H2,1H3,(H,7,8);1H3,(H2,3,4). The average molecular weight is 206 g/mol. The van der Waals surface area contributed by atoms with E-state index in [1.54, 1.807) is 0 Å². The Balaban J connectivity index is 0. The highest BCUT2D eigenvalue weighted by Crippen LogP contribution is 1.82. The van der Waals surface area contributed by atoms with Crippen molar-refractivity contribution in [2.24, 2.45) is 5.73 Å². The van der Waals surface area contributed by atoms with Crippen LogP contribution in [0.5, 0.6) is 0 Å². The highest BCUT2D eigenvalue weighted by molar-refractivity contribution is 7.80. The Labute approximate surface area is 84.7 Å². The molecule has 0 aromatic rings. The zero-order valence-corrected chi connectivity index (χ0v) is 9.06. The summed E-state index contributed by atoms with van der Waals surface area (Å²) in [6.45, 7) is 4.12. The summed E-state index contributed by atoms with van der Waals surface area (Å²) in [5.41, 5.74) is 4.47. The molecule has 0 aliphatic carbocycles. The van der Waals surface area contributed by atoms with Crippen molar-refractivity contribution >= 4 is 24.4 Å². The summed E-state index contributed by atoms with van der Waals surface area (Å²) in [6, 6.07) is 0. The molecule has 0 rings (SSSR count). The third-order valence-corrected chi connectivity index (χ3v) is 1.13. The van der Waals surface area contributed by atoms with Crippen molar-refractivity contribution in [2.45, 2.75) is 26.7 Å². The van der Waals surface area contributed by atoms with E-state index < -0.39 is 0 Å². The van der Waals surface area contributed by atoms with E-state index in [0.717, 1.165) is 13.0 Å². The molecule has 0 bridgehead atoms. The van der Waals surface area contributed by atoms with Gasteiger partial charge in [0.1, 0.15) is 0 Å². The lowest BCUT2D eigenvalue weighted by atomic mass is 10.4. The molecule has 0 fully saturated rings. The molecule has 0 unspecified atom stereocenters. The second-order valence-electron chi connectivity index (χ2n) is 2.43. The van der Waals surface area contributed by atoms with Gasteiger partial charge in [0.15, 0.2) is 0 Å². The molecule has 0 aromatic heterocycles. The molecule has 4 nitrogen and oxygen atoms in total. The molecular formula is C8H18N2O2S. The average Bonchev–Trinajstić information content (AvgIpc) is 2.00. The van der Waals surface area contributed by atoms with Gasteiger partial charge < -0.3 is 11.1 Å². The van der Waals surface area contributed by atoms with Crippen LogP contribution in [-0.2, 0) is 9.59 Å². The van der Waals surface area contributed by atoms with Gasteiger partial charge in [0.25, 0.3) is 0 Å². The predicted octanol–water partition coefficient (Wildman–Crippen LogP) is 0.324. The van der Waals surface area contributed by atoms with Crippen molar-refractivity contribution in [1.82, 2.24) is 5.32 Å². The number of thiol groups is 1. The lowest BCUT2D eigenvalue weighted by molar-refractivity contribution is -0.120. The van der Waals surface area contributed by atoms with Crippen LogP contribution in [0, 0.1) is 0 Å². The lowest BCUT2D eigenvalue weighted by Crippen LogP contribution is -2.23. The number of primary amides is 1. The topological polar surface area (TPSA) is 72.2 Å². The van der Waals surface area contributed by atoms with E-state index in [9.17, 15) is 9.59 Å². The summed E-state index contributed by atoms with van der Waals surface area (Å²) in [4.78, 5) is 19.9. The van der Waals surface area contributed by atoms with E-state index in [1.807, 2.05) is 6.92 Å². The van der Waals surface area contributed by atoms with Crippen LogP contribution < -0.4 is 11.1 Å².